The second-order valence-electron chi connectivity index (χ2n) is 5.98. The van der Waals surface area contributed by atoms with Crippen LogP contribution >= 0.6 is 11.6 Å². The van der Waals surface area contributed by atoms with Crippen LogP contribution in [0.4, 0.5) is 5.69 Å². The monoisotopic (exact) mass is 382 g/mol. The Morgan fingerprint density at radius 1 is 0.963 bits per heavy atom. The number of amides is 2. The largest absolute Gasteiger partial charge is 0.467 e. The van der Waals surface area contributed by atoms with Gasteiger partial charge in [0, 0.05) is 11.4 Å². The SMILES string of the molecule is O=C(CCc1ccc(Cl)cc1)Nc1ccccc1C(=O)NCc1ccco1. The lowest BCUT2D eigenvalue weighted by Crippen LogP contribution is -2.24. The summed E-state index contributed by atoms with van der Waals surface area (Å²) >= 11 is 5.86. The average molecular weight is 383 g/mol. The topological polar surface area (TPSA) is 71.3 Å². The van der Waals surface area contributed by atoms with Crippen LogP contribution in [-0.4, -0.2) is 11.8 Å². The van der Waals surface area contributed by atoms with Gasteiger partial charge in [0.15, 0.2) is 0 Å². The molecule has 6 heteroatoms. The highest BCUT2D eigenvalue weighted by Crippen LogP contribution is 2.16. The van der Waals surface area contributed by atoms with Crippen LogP contribution in [0, 0.1) is 0 Å². The van der Waals surface area contributed by atoms with Gasteiger partial charge in [0.25, 0.3) is 5.91 Å². The van der Waals surface area contributed by atoms with E-state index in [-0.39, 0.29) is 18.4 Å². The molecule has 0 atom stereocenters. The Morgan fingerprint density at radius 2 is 1.74 bits per heavy atom. The molecule has 0 radical (unpaired) electrons. The van der Waals surface area contributed by atoms with Gasteiger partial charge in [-0.1, -0.05) is 35.9 Å². The summed E-state index contributed by atoms with van der Waals surface area (Å²) in [6, 6.07) is 17.8. The van der Waals surface area contributed by atoms with Crippen LogP contribution < -0.4 is 10.6 Å². The van der Waals surface area contributed by atoms with E-state index in [1.807, 2.05) is 12.1 Å². The van der Waals surface area contributed by atoms with Crippen LogP contribution in [0.15, 0.2) is 71.3 Å². The third-order valence-electron chi connectivity index (χ3n) is 4.00. The number of furan rings is 1. The van der Waals surface area contributed by atoms with Crippen molar-refractivity contribution in [2.75, 3.05) is 5.32 Å². The summed E-state index contributed by atoms with van der Waals surface area (Å²) in [6.07, 6.45) is 2.45. The third-order valence-corrected chi connectivity index (χ3v) is 4.26. The standard InChI is InChI=1S/C21H19ClN2O3/c22-16-10-7-15(8-11-16)9-12-20(25)24-19-6-2-1-5-18(19)21(26)23-14-17-4-3-13-27-17/h1-8,10-11,13H,9,12,14H2,(H,23,26)(H,24,25). The van der Waals surface area contributed by atoms with Crippen LogP contribution in [-0.2, 0) is 17.8 Å². The van der Waals surface area contributed by atoms with Crippen molar-refractivity contribution >= 4 is 29.1 Å². The fourth-order valence-corrected chi connectivity index (χ4v) is 2.71. The zero-order valence-electron chi connectivity index (χ0n) is 14.6. The number of benzene rings is 2. The van der Waals surface area contributed by atoms with Gasteiger partial charge in [-0.15, -0.1) is 0 Å². The molecule has 1 heterocycles. The molecular formula is C21H19ClN2O3. The molecular weight excluding hydrogens is 364 g/mol. The van der Waals surface area contributed by atoms with Gasteiger partial charge in [-0.25, -0.2) is 0 Å². The molecule has 2 aromatic carbocycles. The van der Waals surface area contributed by atoms with Crippen molar-refractivity contribution in [1.82, 2.24) is 5.32 Å². The van der Waals surface area contributed by atoms with Gasteiger partial charge in [-0.05, 0) is 48.4 Å². The normalized spacial score (nSPS) is 10.4. The van der Waals surface area contributed by atoms with Crippen LogP contribution in [0.1, 0.15) is 28.1 Å². The molecule has 5 nitrogen and oxygen atoms in total. The molecule has 0 fully saturated rings. The van der Waals surface area contributed by atoms with Crippen molar-refractivity contribution in [1.29, 1.82) is 0 Å². The first-order valence-corrected chi connectivity index (χ1v) is 8.93. The Hall–Kier alpha value is -3.05. The van der Waals surface area contributed by atoms with Crippen LogP contribution in [0.5, 0.6) is 0 Å². The quantitative estimate of drug-likeness (QED) is 0.634. The molecule has 0 spiro atoms. The number of aryl methyl sites for hydroxylation is 1. The smallest absolute Gasteiger partial charge is 0.253 e. The van der Waals surface area contributed by atoms with Gasteiger partial charge >= 0.3 is 0 Å². The first-order chi connectivity index (χ1) is 13.1. The lowest BCUT2D eigenvalue weighted by atomic mass is 10.1. The van der Waals surface area contributed by atoms with Crippen molar-refractivity contribution in [2.24, 2.45) is 0 Å². The maximum atomic E-state index is 12.4. The van der Waals surface area contributed by atoms with Crippen molar-refractivity contribution < 1.29 is 14.0 Å². The van der Waals surface area contributed by atoms with E-state index in [1.165, 1.54) is 0 Å². The molecule has 27 heavy (non-hydrogen) atoms. The number of hydrogen-bond acceptors (Lipinski definition) is 3. The molecule has 0 saturated carbocycles. The lowest BCUT2D eigenvalue weighted by molar-refractivity contribution is -0.116. The number of nitrogens with one attached hydrogen (secondary N) is 2. The molecule has 3 aromatic rings. The highest BCUT2D eigenvalue weighted by molar-refractivity contribution is 6.30. The second kappa shape index (κ2) is 9.05. The zero-order chi connectivity index (χ0) is 19.1. The Balaban J connectivity index is 1.58. The van der Waals surface area contributed by atoms with E-state index in [1.54, 1.807) is 54.8 Å². The summed E-state index contributed by atoms with van der Waals surface area (Å²) < 4.78 is 5.20. The highest BCUT2D eigenvalue weighted by atomic mass is 35.5. The molecule has 0 saturated heterocycles. The predicted molar refractivity (Wildman–Crippen MR) is 105 cm³/mol. The van der Waals surface area contributed by atoms with Gasteiger partial charge in [0.05, 0.1) is 24.1 Å². The summed E-state index contributed by atoms with van der Waals surface area (Å²) in [5.41, 5.74) is 1.92. The van der Waals surface area contributed by atoms with Gasteiger partial charge in [0.1, 0.15) is 5.76 Å². The van der Waals surface area contributed by atoms with E-state index >= 15 is 0 Å². The molecule has 3 rings (SSSR count). The van der Waals surface area contributed by atoms with E-state index < -0.39 is 0 Å². The Morgan fingerprint density at radius 3 is 2.48 bits per heavy atom. The fraction of sp³-hybridized carbons (Fsp3) is 0.143. The van der Waals surface area contributed by atoms with E-state index in [0.29, 0.717) is 34.9 Å². The molecule has 0 aliphatic rings. The minimum Gasteiger partial charge on any atom is -0.467 e. The van der Waals surface area contributed by atoms with Crippen LogP contribution in [0.2, 0.25) is 5.02 Å². The van der Waals surface area contributed by atoms with Gasteiger partial charge in [0.2, 0.25) is 5.91 Å². The number of anilines is 1. The molecule has 2 N–H and O–H groups in total. The van der Waals surface area contributed by atoms with Gasteiger partial charge in [-0.2, -0.15) is 0 Å². The van der Waals surface area contributed by atoms with E-state index in [4.69, 9.17) is 16.0 Å². The number of carbonyl (C=O) groups excluding carboxylic acids is 2. The molecule has 138 valence electrons. The fourth-order valence-electron chi connectivity index (χ4n) is 2.59. The lowest BCUT2D eigenvalue weighted by Gasteiger charge is -2.11. The maximum Gasteiger partial charge on any atom is 0.253 e. The molecule has 0 aliphatic carbocycles. The zero-order valence-corrected chi connectivity index (χ0v) is 15.3. The molecule has 0 unspecified atom stereocenters. The second-order valence-corrected chi connectivity index (χ2v) is 6.42. The number of carbonyl (C=O) groups is 2. The first-order valence-electron chi connectivity index (χ1n) is 8.56. The van der Waals surface area contributed by atoms with Crippen molar-refractivity contribution in [2.45, 2.75) is 19.4 Å². The van der Waals surface area contributed by atoms with Crippen LogP contribution in [0.25, 0.3) is 0 Å². The first kappa shape index (κ1) is 18.7. The summed E-state index contributed by atoms with van der Waals surface area (Å²) in [7, 11) is 0. The van der Waals surface area contributed by atoms with Gasteiger partial charge in [-0.3, -0.25) is 9.59 Å². The molecule has 0 aliphatic heterocycles. The number of para-hydroxylation sites is 1. The summed E-state index contributed by atoms with van der Waals surface area (Å²) in [5.74, 6) is 0.226. The average Bonchev–Trinajstić information content (AvgIpc) is 3.20. The molecule has 0 bridgehead atoms. The van der Waals surface area contributed by atoms with Crippen molar-refractivity contribution in [3.63, 3.8) is 0 Å². The Kier molecular flexibility index (Phi) is 6.28. The van der Waals surface area contributed by atoms with Gasteiger partial charge < -0.3 is 15.1 Å². The highest BCUT2D eigenvalue weighted by Gasteiger charge is 2.13. The minimum absolute atomic E-state index is 0.156. The van der Waals surface area contributed by atoms with E-state index in [0.717, 1.165) is 5.56 Å². The number of halogens is 1. The van der Waals surface area contributed by atoms with Crippen LogP contribution in [0.3, 0.4) is 0 Å². The molecule has 2 amide bonds. The maximum absolute atomic E-state index is 12.4. The van der Waals surface area contributed by atoms with E-state index in [9.17, 15) is 9.59 Å². The third kappa shape index (κ3) is 5.46. The summed E-state index contributed by atoms with van der Waals surface area (Å²) in [5, 5.41) is 6.26. The number of hydrogen-bond donors (Lipinski definition) is 2. The number of rotatable bonds is 7. The summed E-state index contributed by atoms with van der Waals surface area (Å²) in [6.45, 7) is 0.282. The van der Waals surface area contributed by atoms with Crippen molar-refractivity contribution in [3.8, 4) is 0 Å². The Bertz CT molecular complexity index is 905. The minimum atomic E-state index is -0.278. The van der Waals surface area contributed by atoms with Crippen molar-refractivity contribution in [3.05, 3.63) is 88.8 Å². The van der Waals surface area contributed by atoms with E-state index in [2.05, 4.69) is 10.6 Å². The predicted octanol–water partition coefficient (Wildman–Crippen LogP) is 4.43. The Labute approximate surface area is 162 Å². The summed E-state index contributed by atoms with van der Waals surface area (Å²) in [4.78, 5) is 24.7. The molecule has 1 aromatic heterocycles.